The zero-order valence-electron chi connectivity index (χ0n) is 6.70. The van der Waals surface area contributed by atoms with Gasteiger partial charge in [0.25, 0.3) is 0 Å². The molecule has 62 valence electrons. The van der Waals surface area contributed by atoms with E-state index in [4.69, 9.17) is 5.11 Å². The Balaban J connectivity index is 0.000000461. The van der Waals surface area contributed by atoms with E-state index in [9.17, 15) is 0 Å². The van der Waals surface area contributed by atoms with E-state index >= 15 is 0 Å². The molecule has 0 saturated carbocycles. The predicted octanol–water partition coefficient (Wildman–Crippen LogP) is 1.77. The summed E-state index contributed by atoms with van der Waals surface area (Å²) in [7, 11) is 1.00. The van der Waals surface area contributed by atoms with Crippen LogP contribution >= 0.6 is 12.6 Å². The number of aliphatic hydroxyl groups excluding tert-OH is 1. The molecule has 0 saturated heterocycles. The van der Waals surface area contributed by atoms with Gasteiger partial charge in [-0.15, -0.1) is 0 Å². The number of aliphatic hydroxyl groups is 1. The van der Waals surface area contributed by atoms with E-state index in [2.05, 4.69) is 36.9 Å². The summed E-state index contributed by atoms with van der Waals surface area (Å²) in [6.45, 7) is 0. The zero-order valence-corrected chi connectivity index (χ0v) is 7.59. The SMILES string of the molecule is CO.SCCc1ccccc1. The van der Waals surface area contributed by atoms with E-state index < -0.39 is 0 Å². The lowest BCUT2D eigenvalue weighted by Crippen LogP contribution is -1.82. The highest BCUT2D eigenvalue weighted by molar-refractivity contribution is 7.80. The van der Waals surface area contributed by atoms with Gasteiger partial charge in [0, 0.05) is 7.11 Å². The lowest BCUT2D eigenvalue weighted by molar-refractivity contribution is 0.399. The zero-order chi connectivity index (χ0) is 8.53. The molecule has 0 amide bonds. The fourth-order valence-corrected chi connectivity index (χ4v) is 1.03. The van der Waals surface area contributed by atoms with Gasteiger partial charge in [0.1, 0.15) is 0 Å². The minimum atomic E-state index is 0.935. The minimum absolute atomic E-state index is 0.935. The third-order valence-electron chi connectivity index (χ3n) is 1.24. The van der Waals surface area contributed by atoms with E-state index in [1.54, 1.807) is 0 Å². The normalized spacial score (nSPS) is 8.27. The summed E-state index contributed by atoms with van der Waals surface area (Å²) in [6.07, 6.45) is 1.07. The van der Waals surface area contributed by atoms with Crippen LogP contribution in [-0.4, -0.2) is 18.0 Å². The molecule has 1 aromatic rings. The summed E-state index contributed by atoms with van der Waals surface area (Å²) in [5.74, 6) is 0.935. The van der Waals surface area contributed by atoms with Gasteiger partial charge in [0.15, 0.2) is 0 Å². The Bertz CT molecular complexity index is 162. The van der Waals surface area contributed by atoms with Crippen molar-refractivity contribution >= 4 is 12.6 Å². The Morgan fingerprint density at radius 3 is 2.18 bits per heavy atom. The number of thiol groups is 1. The van der Waals surface area contributed by atoms with Gasteiger partial charge in [0.2, 0.25) is 0 Å². The molecular weight excluding hydrogens is 156 g/mol. The molecule has 11 heavy (non-hydrogen) atoms. The monoisotopic (exact) mass is 170 g/mol. The maximum atomic E-state index is 7.00. The molecule has 0 bridgehead atoms. The van der Waals surface area contributed by atoms with Gasteiger partial charge >= 0.3 is 0 Å². The van der Waals surface area contributed by atoms with Crippen LogP contribution in [-0.2, 0) is 6.42 Å². The Kier molecular flexibility index (Phi) is 7.31. The van der Waals surface area contributed by atoms with Crippen LogP contribution in [0.15, 0.2) is 30.3 Å². The first-order valence-corrected chi connectivity index (χ1v) is 4.16. The van der Waals surface area contributed by atoms with Crippen LogP contribution in [0.25, 0.3) is 0 Å². The molecule has 1 nitrogen and oxygen atoms in total. The number of rotatable bonds is 2. The summed E-state index contributed by atoms with van der Waals surface area (Å²) < 4.78 is 0. The smallest absolute Gasteiger partial charge is 0.0319 e. The third kappa shape index (κ3) is 4.87. The Hall–Kier alpha value is -0.470. The highest BCUT2D eigenvalue weighted by atomic mass is 32.1. The van der Waals surface area contributed by atoms with Crippen molar-refractivity contribution in [3.05, 3.63) is 35.9 Å². The molecule has 0 spiro atoms. The van der Waals surface area contributed by atoms with Crippen LogP contribution in [0.1, 0.15) is 5.56 Å². The molecular formula is C9H14OS. The molecule has 1 rings (SSSR count). The maximum absolute atomic E-state index is 7.00. The average molecular weight is 170 g/mol. The number of aryl methyl sites for hydroxylation is 1. The van der Waals surface area contributed by atoms with Crippen molar-refractivity contribution in [1.29, 1.82) is 0 Å². The van der Waals surface area contributed by atoms with Crippen LogP contribution in [0.4, 0.5) is 0 Å². The van der Waals surface area contributed by atoms with Gasteiger partial charge in [-0.3, -0.25) is 0 Å². The van der Waals surface area contributed by atoms with Crippen molar-refractivity contribution in [2.75, 3.05) is 12.9 Å². The first-order chi connectivity index (χ1) is 5.43. The quantitative estimate of drug-likeness (QED) is 0.648. The minimum Gasteiger partial charge on any atom is -0.400 e. The summed E-state index contributed by atoms with van der Waals surface area (Å²) in [4.78, 5) is 0. The van der Waals surface area contributed by atoms with Gasteiger partial charge < -0.3 is 5.11 Å². The summed E-state index contributed by atoms with van der Waals surface area (Å²) in [6, 6.07) is 10.4. The highest BCUT2D eigenvalue weighted by Gasteiger charge is 1.84. The lowest BCUT2D eigenvalue weighted by Gasteiger charge is -1.93. The molecule has 1 N–H and O–H groups in total. The van der Waals surface area contributed by atoms with E-state index in [0.717, 1.165) is 19.3 Å². The number of hydrogen-bond acceptors (Lipinski definition) is 2. The molecule has 2 heteroatoms. The fraction of sp³-hybridized carbons (Fsp3) is 0.333. The number of hydrogen-bond donors (Lipinski definition) is 2. The molecule has 0 atom stereocenters. The predicted molar refractivity (Wildman–Crippen MR) is 52.1 cm³/mol. The summed E-state index contributed by atoms with van der Waals surface area (Å²) in [5.41, 5.74) is 1.37. The van der Waals surface area contributed by atoms with Gasteiger partial charge in [-0.25, -0.2) is 0 Å². The standard InChI is InChI=1S/C8H10S.CH4O/c9-7-6-8-4-2-1-3-5-8;1-2/h1-5,9H,6-7H2;2H,1H3. The van der Waals surface area contributed by atoms with E-state index in [1.165, 1.54) is 5.56 Å². The van der Waals surface area contributed by atoms with Crippen molar-refractivity contribution in [1.82, 2.24) is 0 Å². The molecule has 0 fully saturated rings. The van der Waals surface area contributed by atoms with Gasteiger partial charge in [-0.2, -0.15) is 12.6 Å². The molecule has 0 heterocycles. The topological polar surface area (TPSA) is 20.2 Å². The summed E-state index contributed by atoms with van der Waals surface area (Å²) in [5, 5.41) is 7.00. The second kappa shape index (κ2) is 7.63. The maximum Gasteiger partial charge on any atom is 0.0319 e. The van der Waals surface area contributed by atoms with Crippen LogP contribution in [0.3, 0.4) is 0 Å². The van der Waals surface area contributed by atoms with Crippen molar-refractivity contribution in [3.63, 3.8) is 0 Å². The van der Waals surface area contributed by atoms with E-state index in [1.807, 2.05) is 6.07 Å². The molecule has 1 aromatic carbocycles. The van der Waals surface area contributed by atoms with Crippen LogP contribution in [0.5, 0.6) is 0 Å². The van der Waals surface area contributed by atoms with Crippen LogP contribution in [0, 0.1) is 0 Å². The van der Waals surface area contributed by atoms with Crippen molar-refractivity contribution in [3.8, 4) is 0 Å². The van der Waals surface area contributed by atoms with E-state index in [-0.39, 0.29) is 0 Å². The van der Waals surface area contributed by atoms with Gasteiger partial charge in [0.05, 0.1) is 0 Å². The molecule has 0 unspecified atom stereocenters. The molecule has 0 radical (unpaired) electrons. The van der Waals surface area contributed by atoms with Gasteiger partial charge in [-0.05, 0) is 17.7 Å². The average Bonchev–Trinajstić information content (AvgIpc) is 2.11. The van der Waals surface area contributed by atoms with Crippen molar-refractivity contribution in [2.45, 2.75) is 6.42 Å². The lowest BCUT2D eigenvalue weighted by atomic mass is 10.2. The first-order valence-electron chi connectivity index (χ1n) is 3.53. The van der Waals surface area contributed by atoms with Crippen molar-refractivity contribution in [2.24, 2.45) is 0 Å². The Morgan fingerprint density at radius 2 is 1.73 bits per heavy atom. The van der Waals surface area contributed by atoms with E-state index in [0.29, 0.717) is 0 Å². The van der Waals surface area contributed by atoms with Gasteiger partial charge in [-0.1, -0.05) is 30.3 Å². The molecule has 0 aromatic heterocycles. The highest BCUT2D eigenvalue weighted by Crippen LogP contribution is 1.99. The summed E-state index contributed by atoms with van der Waals surface area (Å²) >= 11 is 4.13. The number of benzene rings is 1. The molecule has 0 aliphatic carbocycles. The van der Waals surface area contributed by atoms with Crippen LogP contribution in [0.2, 0.25) is 0 Å². The first kappa shape index (κ1) is 10.5. The molecule has 0 aliphatic rings. The Labute approximate surface area is 73.5 Å². The second-order valence-corrected chi connectivity index (χ2v) is 2.41. The Morgan fingerprint density at radius 1 is 1.18 bits per heavy atom. The second-order valence-electron chi connectivity index (χ2n) is 1.96. The third-order valence-corrected chi connectivity index (χ3v) is 1.47. The van der Waals surface area contributed by atoms with Crippen LogP contribution < -0.4 is 0 Å². The largest absolute Gasteiger partial charge is 0.400 e. The molecule has 0 aliphatic heterocycles. The van der Waals surface area contributed by atoms with Crippen molar-refractivity contribution < 1.29 is 5.11 Å². The fourth-order valence-electron chi connectivity index (χ4n) is 0.774.